The summed E-state index contributed by atoms with van der Waals surface area (Å²) in [7, 11) is 3.22. The predicted octanol–water partition coefficient (Wildman–Crippen LogP) is 1.68. The first-order valence-electron chi connectivity index (χ1n) is 8.64. The highest BCUT2D eigenvalue weighted by atomic mass is 16.5. The highest BCUT2D eigenvalue weighted by Gasteiger charge is 2.23. The molecule has 1 aliphatic heterocycles. The minimum Gasteiger partial charge on any atom is -0.493 e. The van der Waals surface area contributed by atoms with Gasteiger partial charge in [0, 0.05) is 39.5 Å². The van der Waals surface area contributed by atoms with Gasteiger partial charge in [-0.2, -0.15) is 0 Å². The topological polar surface area (TPSA) is 80.9 Å². The number of nitrogens with zero attached hydrogens (tertiary/aromatic N) is 4. The van der Waals surface area contributed by atoms with E-state index >= 15 is 0 Å². The summed E-state index contributed by atoms with van der Waals surface area (Å²) in [4.78, 5) is 16.4. The fourth-order valence-corrected chi connectivity index (χ4v) is 3.01. The molecule has 8 heteroatoms. The van der Waals surface area contributed by atoms with Gasteiger partial charge in [0.2, 0.25) is 11.8 Å². The number of hydrogen-bond acceptors (Lipinski definition) is 7. The van der Waals surface area contributed by atoms with Crippen molar-refractivity contribution in [2.75, 3.05) is 45.3 Å². The minimum absolute atomic E-state index is 0.154. The van der Waals surface area contributed by atoms with Crippen LogP contribution in [0.4, 0.5) is 6.01 Å². The van der Waals surface area contributed by atoms with E-state index in [9.17, 15) is 4.79 Å². The molecule has 1 saturated heterocycles. The molecule has 0 N–H and O–H groups in total. The quantitative estimate of drug-likeness (QED) is 0.775. The second-order valence-corrected chi connectivity index (χ2v) is 6.16. The number of methoxy groups -OCH3 is 2. The average Bonchev–Trinajstić information content (AvgIpc) is 3.12. The molecule has 1 aromatic carbocycles. The molecule has 1 aromatic heterocycles. The van der Waals surface area contributed by atoms with Gasteiger partial charge in [0.25, 0.3) is 0 Å². The van der Waals surface area contributed by atoms with E-state index in [-0.39, 0.29) is 5.91 Å². The summed E-state index contributed by atoms with van der Waals surface area (Å²) < 4.78 is 16.0. The van der Waals surface area contributed by atoms with Crippen molar-refractivity contribution in [3.63, 3.8) is 0 Å². The second-order valence-electron chi connectivity index (χ2n) is 6.16. The molecule has 140 valence electrons. The molecule has 2 heterocycles. The molecule has 0 atom stereocenters. The standard InChI is InChI=1S/C18H24N4O4/c1-13-19-20-18(26-13)22-10-8-21(9-11-22)17(23)7-5-14-4-6-15(24-2)16(12-14)25-3/h4,6,12H,5,7-11H2,1-3H3. The van der Waals surface area contributed by atoms with E-state index in [1.165, 1.54) is 0 Å². The van der Waals surface area contributed by atoms with Crippen molar-refractivity contribution in [2.24, 2.45) is 0 Å². The monoisotopic (exact) mass is 360 g/mol. The Morgan fingerprint density at radius 2 is 1.85 bits per heavy atom. The third-order valence-corrected chi connectivity index (χ3v) is 4.49. The molecule has 2 aromatic rings. The molecule has 1 fully saturated rings. The van der Waals surface area contributed by atoms with E-state index < -0.39 is 0 Å². The van der Waals surface area contributed by atoms with Crippen LogP contribution in [0.1, 0.15) is 17.9 Å². The molecule has 26 heavy (non-hydrogen) atoms. The zero-order valence-corrected chi connectivity index (χ0v) is 15.4. The predicted molar refractivity (Wildman–Crippen MR) is 95.7 cm³/mol. The van der Waals surface area contributed by atoms with Crippen molar-refractivity contribution in [3.05, 3.63) is 29.7 Å². The van der Waals surface area contributed by atoms with Gasteiger partial charge < -0.3 is 23.7 Å². The minimum atomic E-state index is 0.154. The van der Waals surface area contributed by atoms with E-state index in [1.807, 2.05) is 28.0 Å². The third-order valence-electron chi connectivity index (χ3n) is 4.49. The normalized spacial score (nSPS) is 14.4. The number of carbonyl (C=O) groups is 1. The number of ether oxygens (including phenoxy) is 2. The Morgan fingerprint density at radius 3 is 2.46 bits per heavy atom. The maximum Gasteiger partial charge on any atom is 0.318 e. The van der Waals surface area contributed by atoms with Crippen LogP contribution in [0.25, 0.3) is 0 Å². The number of aryl methyl sites for hydroxylation is 2. The zero-order chi connectivity index (χ0) is 18.5. The van der Waals surface area contributed by atoms with Gasteiger partial charge in [0.1, 0.15) is 0 Å². The van der Waals surface area contributed by atoms with Crippen LogP contribution in [-0.2, 0) is 11.2 Å². The third kappa shape index (κ3) is 4.07. The average molecular weight is 360 g/mol. The molecule has 1 amide bonds. The molecular formula is C18H24N4O4. The van der Waals surface area contributed by atoms with Crippen molar-refractivity contribution in [2.45, 2.75) is 19.8 Å². The maximum atomic E-state index is 12.5. The first-order chi connectivity index (χ1) is 12.6. The summed E-state index contributed by atoms with van der Waals surface area (Å²) in [6.45, 7) is 4.48. The fraction of sp³-hybridized carbons (Fsp3) is 0.500. The van der Waals surface area contributed by atoms with Crippen molar-refractivity contribution in [3.8, 4) is 11.5 Å². The lowest BCUT2D eigenvalue weighted by atomic mass is 10.1. The lowest BCUT2D eigenvalue weighted by Crippen LogP contribution is -2.49. The number of piperazine rings is 1. The van der Waals surface area contributed by atoms with Crippen molar-refractivity contribution in [1.82, 2.24) is 15.1 Å². The zero-order valence-electron chi connectivity index (χ0n) is 15.4. The summed E-state index contributed by atoms with van der Waals surface area (Å²) in [5.41, 5.74) is 1.05. The van der Waals surface area contributed by atoms with Gasteiger partial charge in [-0.1, -0.05) is 11.2 Å². The van der Waals surface area contributed by atoms with E-state index in [0.717, 1.165) is 5.56 Å². The SMILES string of the molecule is COc1ccc(CCC(=O)N2CCN(c3nnc(C)o3)CC2)cc1OC. The number of benzene rings is 1. The summed E-state index contributed by atoms with van der Waals surface area (Å²) >= 11 is 0. The lowest BCUT2D eigenvalue weighted by Gasteiger charge is -2.33. The van der Waals surface area contributed by atoms with Crippen molar-refractivity contribution >= 4 is 11.9 Å². The molecule has 3 rings (SSSR count). The van der Waals surface area contributed by atoms with Gasteiger partial charge in [-0.15, -0.1) is 5.10 Å². The Balaban J connectivity index is 1.50. The van der Waals surface area contributed by atoms with Crippen LogP contribution in [0.15, 0.2) is 22.6 Å². The Morgan fingerprint density at radius 1 is 1.12 bits per heavy atom. The summed E-state index contributed by atoms with van der Waals surface area (Å²) in [6, 6.07) is 6.27. The fourth-order valence-electron chi connectivity index (χ4n) is 3.01. The van der Waals surface area contributed by atoms with Crippen LogP contribution in [0.2, 0.25) is 0 Å². The molecule has 1 aliphatic rings. The van der Waals surface area contributed by atoms with Gasteiger partial charge >= 0.3 is 6.01 Å². The first-order valence-corrected chi connectivity index (χ1v) is 8.64. The number of carbonyl (C=O) groups excluding carboxylic acids is 1. The molecule has 8 nitrogen and oxygen atoms in total. The molecule has 0 spiro atoms. The van der Waals surface area contributed by atoms with E-state index in [0.29, 0.717) is 62.4 Å². The van der Waals surface area contributed by atoms with Crippen molar-refractivity contribution < 1.29 is 18.7 Å². The van der Waals surface area contributed by atoms with E-state index in [2.05, 4.69) is 10.2 Å². The van der Waals surface area contributed by atoms with Crippen LogP contribution in [-0.4, -0.2) is 61.4 Å². The van der Waals surface area contributed by atoms with Gasteiger partial charge in [-0.25, -0.2) is 0 Å². The van der Waals surface area contributed by atoms with Crippen LogP contribution in [0.3, 0.4) is 0 Å². The van der Waals surface area contributed by atoms with Gasteiger partial charge in [-0.05, 0) is 24.1 Å². The van der Waals surface area contributed by atoms with E-state index in [1.54, 1.807) is 21.1 Å². The second kappa shape index (κ2) is 8.07. The number of rotatable bonds is 6. The number of amides is 1. The maximum absolute atomic E-state index is 12.5. The Kier molecular flexibility index (Phi) is 5.60. The molecule has 0 saturated carbocycles. The van der Waals surface area contributed by atoms with Crippen molar-refractivity contribution in [1.29, 1.82) is 0 Å². The highest BCUT2D eigenvalue weighted by molar-refractivity contribution is 5.76. The van der Waals surface area contributed by atoms with E-state index in [4.69, 9.17) is 13.9 Å². The van der Waals surface area contributed by atoms with Crippen LogP contribution >= 0.6 is 0 Å². The largest absolute Gasteiger partial charge is 0.493 e. The van der Waals surface area contributed by atoms with Gasteiger partial charge in [0.15, 0.2) is 11.5 Å². The smallest absolute Gasteiger partial charge is 0.318 e. The Hall–Kier alpha value is -2.77. The van der Waals surface area contributed by atoms with Crippen LogP contribution in [0.5, 0.6) is 11.5 Å². The molecule has 0 radical (unpaired) electrons. The molecular weight excluding hydrogens is 336 g/mol. The van der Waals surface area contributed by atoms with Gasteiger partial charge in [0.05, 0.1) is 14.2 Å². The number of hydrogen-bond donors (Lipinski definition) is 0. The Bertz CT molecular complexity index is 753. The van der Waals surface area contributed by atoms with Crippen LogP contribution in [0, 0.1) is 6.92 Å². The summed E-state index contributed by atoms with van der Waals surface area (Å²) in [5.74, 6) is 2.07. The summed E-state index contributed by atoms with van der Waals surface area (Å²) in [6.07, 6.45) is 1.14. The highest BCUT2D eigenvalue weighted by Crippen LogP contribution is 2.28. The van der Waals surface area contributed by atoms with Gasteiger partial charge in [-0.3, -0.25) is 4.79 Å². The molecule has 0 aliphatic carbocycles. The summed E-state index contributed by atoms with van der Waals surface area (Å²) in [5, 5.41) is 7.88. The van der Waals surface area contributed by atoms with Crippen LogP contribution < -0.4 is 14.4 Å². The number of aromatic nitrogens is 2. The first kappa shape index (κ1) is 18.0. The number of anilines is 1. The lowest BCUT2D eigenvalue weighted by molar-refractivity contribution is -0.131. The molecule has 0 unspecified atom stereocenters. The molecule has 0 bridgehead atoms. The Labute approximate surface area is 152 Å².